The Balaban J connectivity index is 2.35. The maximum atomic E-state index is 12.0. The number of H-pyrrole nitrogens is 1. The number of amides is 1. The van der Waals surface area contributed by atoms with Crippen molar-refractivity contribution in [1.82, 2.24) is 15.2 Å². The van der Waals surface area contributed by atoms with Crippen LogP contribution in [0.1, 0.15) is 5.69 Å². The summed E-state index contributed by atoms with van der Waals surface area (Å²) in [5.74, 6) is -2.25. The highest BCUT2D eigenvalue weighted by Crippen LogP contribution is 2.22. The van der Waals surface area contributed by atoms with Crippen LogP contribution in [0, 0.1) is 6.92 Å². The predicted molar refractivity (Wildman–Crippen MR) is 53.3 cm³/mol. The van der Waals surface area contributed by atoms with Gasteiger partial charge in [0.1, 0.15) is 0 Å². The molecule has 0 aliphatic rings. The van der Waals surface area contributed by atoms with E-state index in [4.69, 9.17) is 0 Å². The van der Waals surface area contributed by atoms with Gasteiger partial charge in [-0.2, -0.15) is 18.3 Å². The maximum Gasteiger partial charge on any atom is 0.471 e. The van der Waals surface area contributed by atoms with Gasteiger partial charge in [0.25, 0.3) is 0 Å². The number of fused-ring (bicyclic) bond motifs is 1. The van der Waals surface area contributed by atoms with Gasteiger partial charge in [-0.3, -0.25) is 9.89 Å². The Labute approximate surface area is 93.0 Å². The molecule has 2 N–H and O–H groups in total. The van der Waals surface area contributed by atoms with Crippen molar-refractivity contribution in [3.05, 3.63) is 17.8 Å². The topological polar surface area (TPSA) is 70.7 Å². The summed E-state index contributed by atoms with van der Waals surface area (Å²) in [6.45, 7) is 1.73. The zero-order chi connectivity index (χ0) is 12.6. The van der Waals surface area contributed by atoms with Crippen LogP contribution in [0.5, 0.6) is 0 Å². The minimum atomic E-state index is -4.94. The van der Waals surface area contributed by atoms with Crippen LogP contribution in [0.2, 0.25) is 0 Å². The minimum absolute atomic E-state index is 0.185. The molecule has 2 heterocycles. The standard InChI is InChI=1S/C9H7F3N4O/c1-4-2-3-5-6(13-4)15-16-7(5)14-8(17)9(10,11)12/h2-3H,1H3,(H2,13,14,15,16,17). The normalized spacial score (nSPS) is 11.8. The summed E-state index contributed by atoms with van der Waals surface area (Å²) in [4.78, 5) is 14.7. The van der Waals surface area contributed by atoms with Gasteiger partial charge in [-0.05, 0) is 19.1 Å². The van der Waals surface area contributed by atoms with Crippen LogP contribution < -0.4 is 5.32 Å². The van der Waals surface area contributed by atoms with Crippen LogP contribution in [0.3, 0.4) is 0 Å². The quantitative estimate of drug-likeness (QED) is 0.803. The number of carbonyl (C=O) groups excluding carboxylic acids is 1. The number of nitrogens with one attached hydrogen (secondary N) is 2. The van der Waals surface area contributed by atoms with Crippen molar-refractivity contribution in [3.8, 4) is 0 Å². The van der Waals surface area contributed by atoms with Crippen LogP contribution in [0.4, 0.5) is 19.0 Å². The third kappa shape index (κ3) is 2.19. The van der Waals surface area contributed by atoms with Crippen LogP contribution in [-0.4, -0.2) is 27.3 Å². The van der Waals surface area contributed by atoms with E-state index in [0.717, 1.165) is 0 Å². The van der Waals surface area contributed by atoms with Gasteiger partial charge in [0, 0.05) is 5.69 Å². The van der Waals surface area contributed by atoms with E-state index in [1.54, 1.807) is 18.3 Å². The van der Waals surface area contributed by atoms with E-state index >= 15 is 0 Å². The van der Waals surface area contributed by atoms with Gasteiger partial charge in [0.15, 0.2) is 11.5 Å². The third-order valence-electron chi connectivity index (χ3n) is 2.05. The van der Waals surface area contributed by atoms with Crippen LogP contribution >= 0.6 is 0 Å². The van der Waals surface area contributed by atoms with Crippen molar-refractivity contribution in [3.63, 3.8) is 0 Å². The highest BCUT2D eigenvalue weighted by molar-refractivity contribution is 6.00. The number of carbonyl (C=O) groups is 1. The second kappa shape index (κ2) is 3.72. The fraction of sp³-hybridized carbons (Fsp3) is 0.222. The Morgan fingerprint density at radius 2 is 2.12 bits per heavy atom. The van der Waals surface area contributed by atoms with Crippen LogP contribution in [-0.2, 0) is 4.79 Å². The zero-order valence-electron chi connectivity index (χ0n) is 8.59. The molecule has 2 aromatic rings. The number of anilines is 1. The fourth-order valence-electron chi connectivity index (χ4n) is 1.28. The van der Waals surface area contributed by atoms with E-state index in [-0.39, 0.29) is 5.82 Å². The lowest BCUT2D eigenvalue weighted by molar-refractivity contribution is -0.167. The van der Waals surface area contributed by atoms with Crippen molar-refractivity contribution in [2.75, 3.05) is 5.32 Å². The van der Waals surface area contributed by atoms with E-state index in [1.165, 1.54) is 6.07 Å². The number of nitrogens with zero attached hydrogens (tertiary/aromatic N) is 2. The van der Waals surface area contributed by atoms with Gasteiger partial charge >= 0.3 is 12.1 Å². The summed E-state index contributed by atoms with van der Waals surface area (Å²) in [6, 6.07) is 3.15. The first kappa shape index (κ1) is 11.4. The molecule has 0 aliphatic heterocycles. The summed E-state index contributed by atoms with van der Waals surface area (Å²) < 4.78 is 36.1. The summed E-state index contributed by atoms with van der Waals surface area (Å²) in [7, 11) is 0. The van der Waals surface area contributed by atoms with E-state index in [9.17, 15) is 18.0 Å². The summed E-state index contributed by atoms with van der Waals surface area (Å²) in [5.41, 5.74) is 1.01. The van der Waals surface area contributed by atoms with Crippen LogP contribution in [0.15, 0.2) is 12.1 Å². The van der Waals surface area contributed by atoms with Crippen molar-refractivity contribution in [2.45, 2.75) is 13.1 Å². The van der Waals surface area contributed by atoms with E-state index in [1.807, 2.05) is 0 Å². The molecule has 0 saturated carbocycles. The molecule has 0 spiro atoms. The molecular formula is C9H7F3N4O. The number of halogens is 3. The molecule has 0 saturated heterocycles. The average molecular weight is 244 g/mol. The molecule has 0 bridgehead atoms. The number of alkyl halides is 3. The lowest BCUT2D eigenvalue weighted by atomic mass is 10.3. The number of aromatic amines is 1. The molecule has 0 atom stereocenters. The summed E-state index contributed by atoms with van der Waals surface area (Å²) in [6.07, 6.45) is -4.94. The first-order chi connectivity index (χ1) is 7.88. The molecule has 2 aromatic heterocycles. The number of hydrogen-bond donors (Lipinski definition) is 2. The van der Waals surface area contributed by atoms with E-state index < -0.39 is 12.1 Å². The van der Waals surface area contributed by atoms with Gasteiger partial charge < -0.3 is 5.32 Å². The minimum Gasteiger partial charge on any atom is -0.301 e. The highest BCUT2D eigenvalue weighted by atomic mass is 19.4. The lowest BCUT2D eigenvalue weighted by Gasteiger charge is -2.05. The molecule has 0 fully saturated rings. The molecule has 90 valence electrons. The van der Waals surface area contributed by atoms with Gasteiger partial charge in [-0.25, -0.2) is 4.98 Å². The number of aromatic nitrogens is 3. The van der Waals surface area contributed by atoms with Gasteiger partial charge in [-0.15, -0.1) is 0 Å². The third-order valence-corrected chi connectivity index (χ3v) is 2.05. The van der Waals surface area contributed by atoms with E-state index in [0.29, 0.717) is 16.7 Å². The number of aryl methyl sites for hydroxylation is 1. The lowest BCUT2D eigenvalue weighted by Crippen LogP contribution is -2.30. The highest BCUT2D eigenvalue weighted by Gasteiger charge is 2.39. The van der Waals surface area contributed by atoms with Crippen LogP contribution in [0.25, 0.3) is 11.0 Å². The molecule has 8 heteroatoms. The molecule has 5 nitrogen and oxygen atoms in total. The molecule has 0 radical (unpaired) electrons. The van der Waals surface area contributed by atoms with Crippen molar-refractivity contribution in [1.29, 1.82) is 0 Å². The summed E-state index contributed by atoms with van der Waals surface area (Å²) >= 11 is 0. The van der Waals surface area contributed by atoms with Crippen molar-refractivity contribution >= 4 is 22.8 Å². The monoisotopic (exact) mass is 244 g/mol. The first-order valence-corrected chi connectivity index (χ1v) is 4.58. The zero-order valence-corrected chi connectivity index (χ0v) is 8.59. The maximum absolute atomic E-state index is 12.0. The smallest absolute Gasteiger partial charge is 0.301 e. The predicted octanol–water partition coefficient (Wildman–Crippen LogP) is 1.77. The van der Waals surface area contributed by atoms with Crippen molar-refractivity contribution in [2.24, 2.45) is 0 Å². The molecule has 1 amide bonds. The number of rotatable bonds is 1. The largest absolute Gasteiger partial charge is 0.471 e. The Hall–Kier alpha value is -2.12. The average Bonchev–Trinajstić information content (AvgIpc) is 2.59. The number of hydrogen-bond acceptors (Lipinski definition) is 3. The Morgan fingerprint density at radius 1 is 1.41 bits per heavy atom. The SMILES string of the molecule is Cc1ccc2c(NC(=O)C(F)(F)F)n[nH]c2n1. The molecule has 0 unspecified atom stereocenters. The fourth-order valence-corrected chi connectivity index (χ4v) is 1.28. The Bertz CT molecular complexity index is 575. The second-order valence-corrected chi connectivity index (χ2v) is 3.37. The van der Waals surface area contributed by atoms with Gasteiger partial charge in [0.05, 0.1) is 5.39 Å². The van der Waals surface area contributed by atoms with Crippen molar-refractivity contribution < 1.29 is 18.0 Å². The molecule has 0 aromatic carbocycles. The van der Waals surface area contributed by atoms with Gasteiger partial charge in [-0.1, -0.05) is 0 Å². The molecule has 17 heavy (non-hydrogen) atoms. The molecular weight excluding hydrogens is 237 g/mol. The molecule has 2 rings (SSSR count). The van der Waals surface area contributed by atoms with E-state index in [2.05, 4.69) is 15.2 Å². The molecule has 0 aliphatic carbocycles. The first-order valence-electron chi connectivity index (χ1n) is 4.58. The second-order valence-electron chi connectivity index (χ2n) is 3.37. The Kier molecular flexibility index (Phi) is 2.49. The number of pyridine rings is 1. The summed E-state index contributed by atoms with van der Waals surface area (Å²) in [5, 5.41) is 8.02. The Morgan fingerprint density at radius 3 is 2.76 bits per heavy atom. The van der Waals surface area contributed by atoms with Gasteiger partial charge in [0.2, 0.25) is 0 Å².